The molecule has 1 aliphatic heterocycles. The van der Waals surface area contributed by atoms with E-state index in [4.69, 9.17) is 9.47 Å². The molecule has 3 atom stereocenters. The van der Waals surface area contributed by atoms with Gasteiger partial charge in [0, 0.05) is 24.7 Å². The van der Waals surface area contributed by atoms with Gasteiger partial charge in [0.25, 0.3) is 0 Å². The average Bonchev–Trinajstić information content (AvgIpc) is 2.81. The Morgan fingerprint density at radius 3 is 2.82 bits per heavy atom. The minimum absolute atomic E-state index is 0.0320. The van der Waals surface area contributed by atoms with Crippen molar-refractivity contribution in [2.45, 2.75) is 58.3 Å². The first-order valence-electron chi connectivity index (χ1n) is 6.59. The average molecular weight is 241 g/mol. The first kappa shape index (κ1) is 12.8. The molecule has 2 aliphatic rings. The highest BCUT2D eigenvalue weighted by Crippen LogP contribution is 2.42. The van der Waals surface area contributed by atoms with Crippen molar-refractivity contribution in [3.05, 3.63) is 0 Å². The Morgan fingerprint density at radius 2 is 2.29 bits per heavy atom. The van der Waals surface area contributed by atoms with E-state index in [0.717, 1.165) is 25.9 Å². The normalized spacial score (nSPS) is 35.4. The van der Waals surface area contributed by atoms with Gasteiger partial charge in [-0.25, -0.2) is 0 Å². The van der Waals surface area contributed by atoms with Gasteiger partial charge in [-0.05, 0) is 26.2 Å². The molecule has 2 fully saturated rings. The molecule has 1 aliphatic carbocycles. The molecule has 98 valence electrons. The van der Waals surface area contributed by atoms with Crippen molar-refractivity contribution < 1.29 is 14.3 Å². The Bertz CT molecular complexity index is 284. The van der Waals surface area contributed by atoms with Crippen LogP contribution in [-0.4, -0.2) is 37.4 Å². The quantitative estimate of drug-likeness (QED) is 0.811. The van der Waals surface area contributed by atoms with Crippen molar-refractivity contribution in [3.63, 3.8) is 0 Å². The molecule has 0 aromatic carbocycles. The van der Waals surface area contributed by atoms with Crippen LogP contribution in [0.5, 0.6) is 0 Å². The van der Waals surface area contributed by atoms with Crippen LogP contribution in [0.4, 0.5) is 0 Å². The molecule has 1 amide bonds. The van der Waals surface area contributed by atoms with Crippen LogP contribution in [0, 0.1) is 5.41 Å². The lowest BCUT2D eigenvalue weighted by molar-refractivity contribution is -0.143. The molecule has 0 bridgehead atoms. The van der Waals surface area contributed by atoms with E-state index >= 15 is 0 Å². The summed E-state index contributed by atoms with van der Waals surface area (Å²) in [6.45, 7) is 7.76. The Morgan fingerprint density at radius 1 is 1.53 bits per heavy atom. The lowest BCUT2D eigenvalue weighted by Crippen LogP contribution is -2.63. The molecule has 1 saturated heterocycles. The van der Waals surface area contributed by atoms with Gasteiger partial charge in [0.05, 0.1) is 6.10 Å². The van der Waals surface area contributed by atoms with E-state index in [1.807, 2.05) is 6.92 Å². The fraction of sp³-hybridized carbons (Fsp3) is 0.923. The summed E-state index contributed by atoms with van der Waals surface area (Å²) in [4.78, 5) is 11.9. The maximum atomic E-state index is 11.9. The summed E-state index contributed by atoms with van der Waals surface area (Å²) in [6.07, 6.45) is 2.81. The number of hydrogen-bond donors (Lipinski definition) is 1. The lowest BCUT2D eigenvalue weighted by atomic mass is 9.64. The molecule has 0 aromatic rings. The molecule has 1 N–H and O–H groups in total. The molecule has 2 rings (SSSR count). The molecule has 1 heterocycles. The molecule has 17 heavy (non-hydrogen) atoms. The zero-order valence-corrected chi connectivity index (χ0v) is 11.0. The van der Waals surface area contributed by atoms with E-state index in [-0.39, 0.29) is 29.6 Å². The second-order valence-corrected chi connectivity index (χ2v) is 5.56. The largest absolute Gasteiger partial charge is 0.378 e. The highest BCUT2D eigenvalue weighted by Gasteiger charge is 2.50. The zero-order valence-electron chi connectivity index (χ0n) is 11.0. The molecule has 4 nitrogen and oxygen atoms in total. The van der Waals surface area contributed by atoms with Gasteiger partial charge in [-0.1, -0.05) is 13.8 Å². The van der Waals surface area contributed by atoms with Crippen molar-refractivity contribution in [2.75, 3.05) is 13.2 Å². The van der Waals surface area contributed by atoms with Crippen LogP contribution in [0.15, 0.2) is 0 Å². The molecule has 0 unspecified atom stereocenters. The summed E-state index contributed by atoms with van der Waals surface area (Å²) in [5.74, 6) is 0.0514. The van der Waals surface area contributed by atoms with Crippen LogP contribution in [0.1, 0.15) is 40.0 Å². The van der Waals surface area contributed by atoms with Crippen LogP contribution in [0.3, 0.4) is 0 Å². The maximum absolute atomic E-state index is 11.9. The Labute approximate surface area is 103 Å². The van der Waals surface area contributed by atoms with E-state index in [9.17, 15) is 4.79 Å². The lowest BCUT2D eigenvalue weighted by Gasteiger charge is -2.51. The van der Waals surface area contributed by atoms with Gasteiger partial charge >= 0.3 is 0 Å². The standard InChI is InChI=1S/C13H23NO3/c1-4-16-11-8-10(13(11,2)3)14-12(15)9-6-5-7-17-9/h9-11H,4-8H2,1-3H3,(H,14,15)/t9-,10+,11-/m0/s1. The first-order valence-corrected chi connectivity index (χ1v) is 6.59. The van der Waals surface area contributed by atoms with E-state index < -0.39 is 0 Å². The maximum Gasteiger partial charge on any atom is 0.249 e. The second kappa shape index (κ2) is 4.94. The Kier molecular flexibility index (Phi) is 3.73. The number of carbonyl (C=O) groups excluding carboxylic acids is 1. The van der Waals surface area contributed by atoms with Crippen LogP contribution in [0.2, 0.25) is 0 Å². The first-order chi connectivity index (χ1) is 8.05. The van der Waals surface area contributed by atoms with E-state index in [0.29, 0.717) is 6.61 Å². The molecule has 4 heteroatoms. The predicted molar refractivity (Wildman–Crippen MR) is 64.7 cm³/mol. The smallest absolute Gasteiger partial charge is 0.249 e. The van der Waals surface area contributed by atoms with Crippen molar-refractivity contribution in [2.24, 2.45) is 5.41 Å². The van der Waals surface area contributed by atoms with Crippen molar-refractivity contribution in [3.8, 4) is 0 Å². The Balaban J connectivity index is 1.82. The number of rotatable bonds is 4. The van der Waals surface area contributed by atoms with Crippen LogP contribution < -0.4 is 5.32 Å². The topological polar surface area (TPSA) is 47.6 Å². The summed E-state index contributed by atoms with van der Waals surface area (Å²) in [6, 6.07) is 0.218. The van der Waals surface area contributed by atoms with Crippen LogP contribution >= 0.6 is 0 Å². The van der Waals surface area contributed by atoms with E-state index in [1.165, 1.54) is 0 Å². The number of nitrogens with one attached hydrogen (secondary N) is 1. The van der Waals surface area contributed by atoms with E-state index in [1.54, 1.807) is 0 Å². The highest BCUT2D eigenvalue weighted by molar-refractivity contribution is 5.81. The van der Waals surface area contributed by atoms with Gasteiger partial charge in [0.15, 0.2) is 0 Å². The monoisotopic (exact) mass is 241 g/mol. The summed E-state index contributed by atoms with van der Waals surface area (Å²) < 4.78 is 11.0. The zero-order chi connectivity index (χ0) is 12.5. The molecular weight excluding hydrogens is 218 g/mol. The number of ether oxygens (including phenoxy) is 2. The van der Waals surface area contributed by atoms with E-state index in [2.05, 4.69) is 19.2 Å². The van der Waals surface area contributed by atoms with Gasteiger partial charge in [-0.15, -0.1) is 0 Å². The van der Waals surface area contributed by atoms with Crippen molar-refractivity contribution >= 4 is 5.91 Å². The fourth-order valence-corrected chi connectivity index (χ4v) is 2.66. The molecular formula is C13H23NO3. The molecule has 0 spiro atoms. The van der Waals surface area contributed by atoms with Crippen molar-refractivity contribution in [1.29, 1.82) is 0 Å². The fourth-order valence-electron chi connectivity index (χ4n) is 2.66. The minimum atomic E-state index is -0.225. The van der Waals surface area contributed by atoms with Gasteiger partial charge in [0.1, 0.15) is 6.10 Å². The van der Waals surface area contributed by atoms with Crippen LogP contribution in [0.25, 0.3) is 0 Å². The second-order valence-electron chi connectivity index (χ2n) is 5.56. The van der Waals surface area contributed by atoms with Gasteiger partial charge in [0.2, 0.25) is 5.91 Å². The molecule has 0 aromatic heterocycles. The van der Waals surface area contributed by atoms with Gasteiger partial charge < -0.3 is 14.8 Å². The van der Waals surface area contributed by atoms with Gasteiger partial charge in [-0.3, -0.25) is 4.79 Å². The SMILES string of the molecule is CCO[C@H]1C[C@@H](NC(=O)[C@@H]2CCCO2)C1(C)C. The highest BCUT2D eigenvalue weighted by atomic mass is 16.5. The third-order valence-corrected chi connectivity index (χ3v) is 4.08. The predicted octanol–water partition coefficient (Wildman–Crippen LogP) is 1.49. The summed E-state index contributed by atoms with van der Waals surface area (Å²) in [5, 5.41) is 3.09. The summed E-state index contributed by atoms with van der Waals surface area (Å²) >= 11 is 0. The number of hydrogen-bond acceptors (Lipinski definition) is 3. The molecule has 1 saturated carbocycles. The third-order valence-electron chi connectivity index (χ3n) is 4.08. The number of carbonyl (C=O) groups is 1. The molecule has 0 radical (unpaired) electrons. The third kappa shape index (κ3) is 2.47. The van der Waals surface area contributed by atoms with Crippen LogP contribution in [-0.2, 0) is 14.3 Å². The van der Waals surface area contributed by atoms with Gasteiger partial charge in [-0.2, -0.15) is 0 Å². The summed E-state index contributed by atoms with van der Waals surface area (Å²) in [5.41, 5.74) is 0.0320. The minimum Gasteiger partial charge on any atom is -0.378 e. The number of amides is 1. The summed E-state index contributed by atoms with van der Waals surface area (Å²) in [7, 11) is 0. The van der Waals surface area contributed by atoms with Crippen molar-refractivity contribution in [1.82, 2.24) is 5.32 Å². The Hall–Kier alpha value is -0.610.